The molecule has 1 aromatic rings. The summed E-state index contributed by atoms with van der Waals surface area (Å²) in [6.45, 7) is 3.26. The molecule has 3 saturated heterocycles. The van der Waals surface area contributed by atoms with Crippen LogP contribution in [0.4, 0.5) is 0 Å². The molecular weight excluding hydrogens is 290 g/mol. The number of methoxy groups -OCH3 is 1. The molecule has 0 aromatic heterocycles. The summed E-state index contributed by atoms with van der Waals surface area (Å²) in [7, 11) is 1.66. The molecule has 4 aliphatic rings. The Hall–Kier alpha value is -1.55. The number of hydrogen-bond acceptors (Lipinski definition) is 4. The molecule has 0 amide bonds. The molecule has 23 heavy (non-hydrogen) atoms. The van der Waals surface area contributed by atoms with Crippen molar-refractivity contribution in [3.8, 4) is 5.75 Å². The van der Waals surface area contributed by atoms with E-state index in [0.29, 0.717) is 5.92 Å². The maximum Gasteiger partial charge on any atom is 0.316 e. The Morgan fingerprint density at radius 3 is 2.35 bits per heavy atom. The van der Waals surface area contributed by atoms with Crippen molar-refractivity contribution in [2.75, 3.05) is 26.7 Å². The molecule has 1 atom stereocenters. The van der Waals surface area contributed by atoms with Crippen molar-refractivity contribution in [1.29, 1.82) is 0 Å². The van der Waals surface area contributed by atoms with E-state index < -0.39 is 5.41 Å². The largest absolute Gasteiger partial charge is 0.497 e. The fraction of sp³-hybridized carbons (Fsp3) is 0.632. The maximum absolute atomic E-state index is 13.0. The average molecular weight is 315 g/mol. The minimum Gasteiger partial charge on any atom is -0.497 e. The maximum atomic E-state index is 13.0. The van der Waals surface area contributed by atoms with Gasteiger partial charge in [0, 0.05) is 6.54 Å². The van der Waals surface area contributed by atoms with Crippen LogP contribution in [-0.2, 0) is 14.9 Å². The second-order valence-electron chi connectivity index (χ2n) is 7.25. The summed E-state index contributed by atoms with van der Waals surface area (Å²) in [5.41, 5.74) is 0.661. The molecule has 3 heterocycles. The number of benzene rings is 1. The summed E-state index contributed by atoms with van der Waals surface area (Å²) in [5.74, 6) is 1.39. The van der Waals surface area contributed by atoms with Crippen LogP contribution >= 0.6 is 0 Å². The van der Waals surface area contributed by atoms with E-state index in [-0.39, 0.29) is 12.1 Å². The molecule has 4 heteroatoms. The van der Waals surface area contributed by atoms with E-state index >= 15 is 0 Å². The number of ether oxygens (including phenoxy) is 2. The Balaban J connectivity index is 1.50. The van der Waals surface area contributed by atoms with Crippen LogP contribution in [0.5, 0.6) is 5.75 Å². The number of carbonyl (C=O) groups is 1. The molecule has 0 radical (unpaired) electrons. The van der Waals surface area contributed by atoms with Gasteiger partial charge in [-0.05, 0) is 62.4 Å². The van der Waals surface area contributed by atoms with E-state index in [4.69, 9.17) is 9.47 Å². The fourth-order valence-electron chi connectivity index (χ4n) is 4.35. The minimum atomic E-state index is -0.418. The summed E-state index contributed by atoms with van der Waals surface area (Å²) in [6, 6.07) is 7.93. The second kappa shape index (κ2) is 5.82. The van der Waals surface area contributed by atoms with Crippen molar-refractivity contribution in [2.24, 2.45) is 5.92 Å². The van der Waals surface area contributed by atoms with Gasteiger partial charge in [0.15, 0.2) is 0 Å². The predicted molar refractivity (Wildman–Crippen MR) is 87.6 cm³/mol. The van der Waals surface area contributed by atoms with Crippen molar-refractivity contribution >= 4 is 5.97 Å². The van der Waals surface area contributed by atoms with Crippen LogP contribution < -0.4 is 4.74 Å². The van der Waals surface area contributed by atoms with Gasteiger partial charge in [-0.1, -0.05) is 18.6 Å². The van der Waals surface area contributed by atoms with Crippen molar-refractivity contribution < 1.29 is 14.3 Å². The average Bonchev–Trinajstić information content (AvgIpc) is 2.55. The SMILES string of the molecule is COc1ccc(C2(C(=O)OC3CN4CCC3CC4)CCC2)cc1. The summed E-state index contributed by atoms with van der Waals surface area (Å²) in [5, 5.41) is 0. The number of rotatable bonds is 4. The molecule has 5 rings (SSSR count). The standard InChI is InChI=1S/C19H25NO3/c1-22-16-5-3-15(4-6-16)19(9-2-10-19)18(21)23-17-13-20-11-7-14(17)8-12-20/h3-6,14,17H,2,7-13H2,1H3. The summed E-state index contributed by atoms with van der Waals surface area (Å²) >= 11 is 0. The van der Waals surface area contributed by atoms with Crippen LogP contribution in [0.1, 0.15) is 37.7 Å². The highest BCUT2D eigenvalue weighted by atomic mass is 16.5. The molecular formula is C19H25NO3. The van der Waals surface area contributed by atoms with Gasteiger partial charge >= 0.3 is 5.97 Å². The minimum absolute atomic E-state index is 0.00679. The number of carbonyl (C=O) groups excluding carboxylic acids is 1. The predicted octanol–water partition coefficient (Wildman–Crippen LogP) is 2.75. The third-order valence-corrected chi connectivity index (χ3v) is 6.10. The molecule has 124 valence electrons. The van der Waals surface area contributed by atoms with Crippen molar-refractivity contribution in [3.63, 3.8) is 0 Å². The first-order chi connectivity index (χ1) is 11.2. The quantitative estimate of drug-likeness (QED) is 0.801. The zero-order valence-corrected chi connectivity index (χ0v) is 13.8. The lowest BCUT2D eigenvalue weighted by atomic mass is 9.64. The highest BCUT2D eigenvalue weighted by molar-refractivity contribution is 5.84. The van der Waals surface area contributed by atoms with E-state index in [9.17, 15) is 4.79 Å². The van der Waals surface area contributed by atoms with Gasteiger partial charge in [0.05, 0.1) is 12.5 Å². The smallest absolute Gasteiger partial charge is 0.316 e. The molecule has 1 aromatic carbocycles. The van der Waals surface area contributed by atoms with E-state index in [2.05, 4.69) is 4.90 Å². The number of hydrogen-bond donors (Lipinski definition) is 0. The molecule has 2 bridgehead atoms. The third-order valence-electron chi connectivity index (χ3n) is 6.10. The molecule has 0 N–H and O–H groups in total. The van der Waals surface area contributed by atoms with Crippen molar-refractivity contribution in [2.45, 2.75) is 43.6 Å². The van der Waals surface area contributed by atoms with Gasteiger partial charge < -0.3 is 9.47 Å². The van der Waals surface area contributed by atoms with Crippen LogP contribution in [-0.4, -0.2) is 43.7 Å². The van der Waals surface area contributed by atoms with Gasteiger partial charge in [-0.3, -0.25) is 9.69 Å². The Bertz CT molecular complexity index is 571. The number of fused-ring (bicyclic) bond motifs is 3. The lowest BCUT2D eigenvalue weighted by Gasteiger charge is -2.46. The molecule has 1 unspecified atom stereocenters. The normalized spacial score (nSPS) is 31.3. The first kappa shape index (κ1) is 15.0. The van der Waals surface area contributed by atoms with Crippen molar-refractivity contribution in [1.82, 2.24) is 4.90 Å². The molecule has 1 saturated carbocycles. The van der Waals surface area contributed by atoms with Gasteiger partial charge in [0.2, 0.25) is 0 Å². The van der Waals surface area contributed by atoms with Crippen molar-refractivity contribution in [3.05, 3.63) is 29.8 Å². The van der Waals surface area contributed by atoms with E-state index in [0.717, 1.165) is 37.1 Å². The van der Waals surface area contributed by atoms with Crippen LogP contribution in [0, 0.1) is 5.92 Å². The topological polar surface area (TPSA) is 38.8 Å². The molecule has 4 nitrogen and oxygen atoms in total. The van der Waals surface area contributed by atoms with E-state index in [1.807, 2.05) is 24.3 Å². The number of esters is 1. The molecule has 0 spiro atoms. The molecule has 3 aliphatic heterocycles. The highest BCUT2D eigenvalue weighted by Gasteiger charge is 2.49. The monoisotopic (exact) mass is 315 g/mol. The van der Waals surface area contributed by atoms with Gasteiger partial charge in [0.1, 0.15) is 11.9 Å². The van der Waals surface area contributed by atoms with Gasteiger partial charge in [0.25, 0.3) is 0 Å². The summed E-state index contributed by atoms with van der Waals surface area (Å²) < 4.78 is 11.3. The van der Waals surface area contributed by atoms with Crippen LogP contribution in [0.25, 0.3) is 0 Å². The Morgan fingerprint density at radius 1 is 1.17 bits per heavy atom. The zero-order valence-electron chi connectivity index (χ0n) is 13.8. The van der Waals surface area contributed by atoms with Gasteiger partial charge in [-0.15, -0.1) is 0 Å². The zero-order chi connectivity index (χ0) is 15.9. The van der Waals surface area contributed by atoms with Gasteiger partial charge in [-0.25, -0.2) is 0 Å². The van der Waals surface area contributed by atoms with Gasteiger partial charge in [-0.2, -0.15) is 0 Å². The van der Waals surface area contributed by atoms with Crippen LogP contribution in [0.2, 0.25) is 0 Å². The highest BCUT2D eigenvalue weighted by Crippen LogP contribution is 2.46. The van der Waals surface area contributed by atoms with E-state index in [1.165, 1.54) is 25.9 Å². The fourth-order valence-corrected chi connectivity index (χ4v) is 4.35. The third kappa shape index (κ3) is 2.53. The Morgan fingerprint density at radius 2 is 1.87 bits per heavy atom. The van der Waals surface area contributed by atoms with Crippen LogP contribution in [0.3, 0.4) is 0 Å². The van der Waals surface area contributed by atoms with Crippen LogP contribution in [0.15, 0.2) is 24.3 Å². The Kier molecular flexibility index (Phi) is 3.80. The molecule has 4 fully saturated rings. The number of nitrogens with zero attached hydrogens (tertiary/aromatic N) is 1. The first-order valence-corrected chi connectivity index (χ1v) is 8.79. The number of piperidine rings is 3. The summed E-state index contributed by atoms with van der Waals surface area (Å²) in [4.78, 5) is 15.4. The lowest BCUT2D eigenvalue weighted by Crippen LogP contribution is -2.54. The first-order valence-electron chi connectivity index (χ1n) is 8.79. The summed E-state index contributed by atoms with van der Waals surface area (Å²) in [6.07, 6.45) is 5.35. The Labute approximate surface area is 137 Å². The lowest BCUT2D eigenvalue weighted by molar-refractivity contribution is -0.169. The van der Waals surface area contributed by atoms with E-state index in [1.54, 1.807) is 7.11 Å². The second-order valence-corrected chi connectivity index (χ2v) is 7.25. The molecule has 1 aliphatic carbocycles.